The smallest absolute Gasteiger partial charge is 0.414 e. The highest BCUT2D eigenvalue weighted by molar-refractivity contribution is 7.79. The minimum atomic E-state index is -1.41. The van der Waals surface area contributed by atoms with E-state index in [0.717, 1.165) is 0 Å². The molecule has 1 aromatic rings. The fraction of sp³-hybridized carbons (Fsp3) is 0.500. The highest BCUT2D eigenvalue weighted by Crippen LogP contribution is 2.23. The zero-order valence-electron chi connectivity index (χ0n) is 12.6. The van der Waals surface area contributed by atoms with E-state index < -0.39 is 23.3 Å². The normalized spacial score (nSPS) is 18.8. The molecule has 1 heterocycles. The predicted molar refractivity (Wildman–Crippen MR) is 80.1 cm³/mol. The van der Waals surface area contributed by atoms with Crippen molar-refractivity contribution in [3.8, 4) is 0 Å². The van der Waals surface area contributed by atoms with Crippen LogP contribution in [0, 0.1) is 12.7 Å². The number of nitrogens with zero attached hydrogens (tertiary/aromatic N) is 1. The number of benzene rings is 1. The standard InChI is InChI=1S/C12H14FNO4S.C2H6/c1-8-3-4-9(5-11(8)13)14-6-10(18-12(14)15)7-17-19(2)16;1-2/h3-5,10H,6-7H2,1-2H3;1-2H3. The second-order valence-corrected chi connectivity index (χ2v) is 5.27. The zero-order chi connectivity index (χ0) is 16.0. The molecule has 1 aromatic carbocycles. The molecule has 2 unspecified atom stereocenters. The summed E-state index contributed by atoms with van der Waals surface area (Å²) in [6.07, 6.45) is 0.337. The second-order valence-electron chi connectivity index (χ2n) is 4.24. The lowest BCUT2D eigenvalue weighted by Crippen LogP contribution is -2.26. The second kappa shape index (κ2) is 8.09. The largest absolute Gasteiger partial charge is 0.441 e. The summed E-state index contributed by atoms with van der Waals surface area (Å²) in [5.41, 5.74) is 0.950. The van der Waals surface area contributed by atoms with Gasteiger partial charge in [0.05, 0.1) is 12.2 Å². The van der Waals surface area contributed by atoms with Crippen LogP contribution in [0.25, 0.3) is 0 Å². The Balaban J connectivity index is 0.00000106. The van der Waals surface area contributed by atoms with Gasteiger partial charge >= 0.3 is 6.09 Å². The number of aryl methyl sites for hydroxylation is 1. The molecule has 0 radical (unpaired) electrons. The van der Waals surface area contributed by atoms with Crippen molar-refractivity contribution in [3.63, 3.8) is 0 Å². The van der Waals surface area contributed by atoms with E-state index in [2.05, 4.69) is 0 Å². The van der Waals surface area contributed by atoms with Crippen molar-refractivity contribution in [2.75, 3.05) is 24.3 Å². The number of carbonyl (C=O) groups is 1. The van der Waals surface area contributed by atoms with Crippen LogP contribution in [0.3, 0.4) is 0 Å². The van der Waals surface area contributed by atoms with Gasteiger partial charge in [-0.1, -0.05) is 19.9 Å². The molecule has 1 aliphatic rings. The lowest BCUT2D eigenvalue weighted by atomic mass is 10.2. The van der Waals surface area contributed by atoms with Gasteiger partial charge in [-0.15, -0.1) is 0 Å². The van der Waals surface area contributed by atoms with Gasteiger partial charge in [0.1, 0.15) is 18.5 Å². The quantitative estimate of drug-likeness (QED) is 0.857. The Morgan fingerprint density at radius 1 is 1.48 bits per heavy atom. The minimum absolute atomic E-state index is 0.0553. The van der Waals surface area contributed by atoms with Crippen LogP contribution in [0.2, 0.25) is 0 Å². The molecule has 0 spiro atoms. The summed E-state index contributed by atoms with van der Waals surface area (Å²) in [5.74, 6) is -0.375. The molecule has 0 saturated carbocycles. The van der Waals surface area contributed by atoms with Crippen molar-refractivity contribution in [1.82, 2.24) is 0 Å². The maximum absolute atomic E-state index is 13.5. The zero-order valence-corrected chi connectivity index (χ0v) is 13.4. The predicted octanol–water partition coefficient (Wildman–Crippen LogP) is 2.80. The first kappa shape index (κ1) is 17.6. The van der Waals surface area contributed by atoms with Gasteiger partial charge in [-0.3, -0.25) is 9.08 Å². The Morgan fingerprint density at radius 3 is 2.71 bits per heavy atom. The Kier molecular flexibility index (Phi) is 6.77. The summed E-state index contributed by atoms with van der Waals surface area (Å²) in [5, 5.41) is 0. The molecule has 0 aliphatic carbocycles. The van der Waals surface area contributed by atoms with E-state index >= 15 is 0 Å². The molecule has 2 atom stereocenters. The van der Waals surface area contributed by atoms with Crippen LogP contribution >= 0.6 is 0 Å². The van der Waals surface area contributed by atoms with Crippen molar-refractivity contribution in [2.45, 2.75) is 26.9 Å². The first-order valence-electron chi connectivity index (χ1n) is 6.68. The maximum atomic E-state index is 13.5. The monoisotopic (exact) mass is 317 g/mol. The van der Waals surface area contributed by atoms with Gasteiger partial charge in [-0.05, 0) is 24.6 Å². The van der Waals surface area contributed by atoms with Crippen molar-refractivity contribution in [2.24, 2.45) is 0 Å². The summed E-state index contributed by atoms with van der Waals surface area (Å²) in [7, 11) is 0. The lowest BCUT2D eigenvalue weighted by molar-refractivity contribution is 0.110. The van der Waals surface area contributed by atoms with Crippen LogP contribution in [0.5, 0.6) is 0 Å². The molecule has 5 nitrogen and oxygen atoms in total. The van der Waals surface area contributed by atoms with Crippen molar-refractivity contribution in [3.05, 3.63) is 29.6 Å². The average Bonchev–Trinajstić information content (AvgIpc) is 2.83. The van der Waals surface area contributed by atoms with Crippen LogP contribution in [-0.4, -0.2) is 35.8 Å². The molecule has 2 rings (SSSR count). The molecule has 7 heteroatoms. The number of hydrogen-bond acceptors (Lipinski definition) is 4. The maximum Gasteiger partial charge on any atom is 0.414 e. The van der Waals surface area contributed by atoms with Crippen molar-refractivity contribution >= 4 is 22.9 Å². The number of rotatable bonds is 4. The molecule has 1 saturated heterocycles. The molecule has 1 amide bonds. The van der Waals surface area contributed by atoms with Gasteiger partial charge in [0.15, 0.2) is 11.1 Å². The number of carbonyl (C=O) groups excluding carboxylic acids is 1. The van der Waals surface area contributed by atoms with Gasteiger partial charge in [-0.2, -0.15) is 0 Å². The highest BCUT2D eigenvalue weighted by Gasteiger charge is 2.33. The van der Waals surface area contributed by atoms with E-state index in [1.807, 2.05) is 13.8 Å². The number of anilines is 1. The number of cyclic esters (lactones) is 1. The Morgan fingerprint density at radius 2 is 2.14 bits per heavy atom. The Labute approximate surface area is 126 Å². The molecule has 0 aromatic heterocycles. The van der Waals surface area contributed by atoms with Crippen LogP contribution in [-0.2, 0) is 20.0 Å². The van der Waals surface area contributed by atoms with Gasteiger partial charge in [0.2, 0.25) is 0 Å². The van der Waals surface area contributed by atoms with E-state index in [-0.39, 0.29) is 19.0 Å². The van der Waals surface area contributed by atoms with Crippen LogP contribution < -0.4 is 4.90 Å². The summed E-state index contributed by atoms with van der Waals surface area (Å²) < 4.78 is 34.2. The first-order valence-corrected chi connectivity index (χ1v) is 8.16. The number of halogens is 1. The molecular weight excluding hydrogens is 297 g/mol. The molecule has 1 aliphatic heterocycles. The van der Waals surface area contributed by atoms with E-state index in [9.17, 15) is 13.4 Å². The van der Waals surface area contributed by atoms with Crippen molar-refractivity contribution < 1.29 is 22.3 Å². The number of ether oxygens (including phenoxy) is 1. The minimum Gasteiger partial charge on any atom is -0.441 e. The van der Waals surface area contributed by atoms with E-state index in [4.69, 9.17) is 8.92 Å². The van der Waals surface area contributed by atoms with E-state index in [1.165, 1.54) is 17.2 Å². The van der Waals surface area contributed by atoms with Gasteiger partial charge in [-0.25, -0.2) is 13.4 Å². The summed E-state index contributed by atoms with van der Waals surface area (Å²) in [6, 6.07) is 4.54. The number of hydrogen-bond donors (Lipinski definition) is 0. The molecule has 118 valence electrons. The number of amides is 1. The molecular formula is C14H20FNO4S. The summed E-state index contributed by atoms with van der Waals surface area (Å²) in [4.78, 5) is 13.0. The fourth-order valence-corrected chi connectivity index (χ4v) is 2.08. The van der Waals surface area contributed by atoms with Crippen LogP contribution in [0.15, 0.2) is 18.2 Å². The van der Waals surface area contributed by atoms with Gasteiger partial charge < -0.3 is 4.74 Å². The highest BCUT2D eigenvalue weighted by atomic mass is 32.2. The van der Waals surface area contributed by atoms with Crippen LogP contribution in [0.4, 0.5) is 14.9 Å². The Hall–Kier alpha value is -1.47. The summed E-state index contributed by atoms with van der Waals surface area (Å²) in [6.45, 7) is 5.95. The van der Waals surface area contributed by atoms with Crippen molar-refractivity contribution in [1.29, 1.82) is 0 Å². The third-order valence-corrected chi connectivity index (χ3v) is 3.23. The van der Waals surface area contributed by atoms with E-state index in [1.54, 1.807) is 19.1 Å². The molecule has 1 fully saturated rings. The average molecular weight is 317 g/mol. The fourth-order valence-electron chi connectivity index (χ4n) is 1.74. The topological polar surface area (TPSA) is 55.8 Å². The van der Waals surface area contributed by atoms with Crippen LogP contribution in [0.1, 0.15) is 19.4 Å². The SMILES string of the molecule is CC.Cc1ccc(N2CC(COS(C)=O)OC2=O)cc1F. The lowest BCUT2D eigenvalue weighted by Gasteiger charge is -2.13. The first-order chi connectivity index (χ1) is 9.97. The third kappa shape index (κ3) is 4.78. The third-order valence-electron chi connectivity index (χ3n) is 2.76. The van der Waals surface area contributed by atoms with Gasteiger partial charge in [0.25, 0.3) is 0 Å². The molecule has 0 N–H and O–H groups in total. The Bertz CT molecular complexity index is 524. The van der Waals surface area contributed by atoms with E-state index in [0.29, 0.717) is 11.3 Å². The summed E-state index contributed by atoms with van der Waals surface area (Å²) >= 11 is -1.41. The van der Waals surface area contributed by atoms with Gasteiger partial charge in [0, 0.05) is 6.26 Å². The molecule has 21 heavy (non-hydrogen) atoms. The molecule has 0 bridgehead atoms.